The Morgan fingerprint density at radius 2 is 2.00 bits per heavy atom. The Bertz CT molecular complexity index is 490. The molecular formula is C14H15BrN2. The van der Waals surface area contributed by atoms with E-state index in [1.165, 1.54) is 29.9 Å². The third-order valence-electron chi connectivity index (χ3n) is 3.26. The highest BCUT2D eigenvalue weighted by Gasteiger charge is 2.12. The molecule has 0 saturated carbocycles. The fourth-order valence-corrected chi connectivity index (χ4v) is 2.63. The maximum atomic E-state index is 4.72. The van der Waals surface area contributed by atoms with Gasteiger partial charge >= 0.3 is 0 Å². The molecule has 0 fully saturated rings. The summed E-state index contributed by atoms with van der Waals surface area (Å²) in [7, 11) is 0. The summed E-state index contributed by atoms with van der Waals surface area (Å²) in [5.41, 5.74) is 2.52. The Balaban J connectivity index is 1.80. The van der Waals surface area contributed by atoms with Crippen molar-refractivity contribution >= 4 is 15.9 Å². The lowest BCUT2D eigenvalue weighted by Crippen LogP contribution is -2.08. The molecule has 0 saturated heterocycles. The normalized spacial score (nSPS) is 14.6. The predicted molar refractivity (Wildman–Crippen MR) is 72.1 cm³/mol. The minimum absolute atomic E-state index is 0.938. The molecule has 0 amide bonds. The first-order chi connectivity index (χ1) is 8.31. The van der Waals surface area contributed by atoms with Crippen LogP contribution in [0.3, 0.4) is 0 Å². The maximum Gasteiger partial charge on any atom is 0.108 e. The van der Waals surface area contributed by atoms with E-state index in [2.05, 4.69) is 51.0 Å². The molecule has 1 aromatic heterocycles. The summed E-state index contributed by atoms with van der Waals surface area (Å²) in [5.74, 6) is 1.27. The highest BCUT2D eigenvalue weighted by molar-refractivity contribution is 9.10. The number of aryl methyl sites for hydroxylation is 2. The van der Waals surface area contributed by atoms with E-state index in [9.17, 15) is 0 Å². The van der Waals surface area contributed by atoms with Crippen LogP contribution in [0.25, 0.3) is 0 Å². The van der Waals surface area contributed by atoms with Crippen molar-refractivity contribution in [1.82, 2.24) is 9.55 Å². The van der Waals surface area contributed by atoms with Gasteiger partial charge in [0.1, 0.15) is 5.82 Å². The summed E-state index contributed by atoms with van der Waals surface area (Å²) in [6.45, 7) is 1.14. The molecule has 1 aromatic carbocycles. The highest BCUT2D eigenvalue weighted by Crippen LogP contribution is 2.17. The van der Waals surface area contributed by atoms with Gasteiger partial charge in [0, 0.05) is 30.1 Å². The van der Waals surface area contributed by atoms with Gasteiger partial charge < -0.3 is 4.57 Å². The van der Waals surface area contributed by atoms with Gasteiger partial charge in [-0.05, 0) is 30.5 Å². The van der Waals surface area contributed by atoms with Gasteiger partial charge in [-0.2, -0.15) is 0 Å². The molecule has 1 aliphatic rings. The van der Waals surface area contributed by atoms with E-state index in [4.69, 9.17) is 4.98 Å². The van der Waals surface area contributed by atoms with Gasteiger partial charge in [0.25, 0.3) is 0 Å². The van der Waals surface area contributed by atoms with Crippen molar-refractivity contribution in [2.45, 2.75) is 32.2 Å². The molecular weight excluding hydrogens is 276 g/mol. The van der Waals surface area contributed by atoms with E-state index in [0.29, 0.717) is 0 Å². The van der Waals surface area contributed by atoms with E-state index in [-0.39, 0.29) is 0 Å². The summed E-state index contributed by atoms with van der Waals surface area (Å²) in [6.07, 6.45) is 6.87. The SMILES string of the molecule is Brc1ccc(Cc2cn3c(n2)CCCC3)cc1. The molecule has 0 N–H and O–H groups in total. The molecule has 2 aromatic rings. The van der Waals surface area contributed by atoms with Crippen molar-refractivity contribution in [3.8, 4) is 0 Å². The zero-order chi connectivity index (χ0) is 11.7. The third kappa shape index (κ3) is 2.44. The van der Waals surface area contributed by atoms with Gasteiger partial charge in [0.05, 0.1) is 5.69 Å². The van der Waals surface area contributed by atoms with Gasteiger partial charge in [-0.15, -0.1) is 0 Å². The van der Waals surface area contributed by atoms with Crippen molar-refractivity contribution in [2.75, 3.05) is 0 Å². The van der Waals surface area contributed by atoms with Gasteiger partial charge in [0.2, 0.25) is 0 Å². The van der Waals surface area contributed by atoms with Crippen molar-refractivity contribution < 1.29 is 0 Å². The molecule has 0 unspecified atom stereocenters. The molecule has 0 bridgehead atoms. The average molecular weight is 291 g/mol. The molecule has 17 heavy (non-hydrogen) atoms. The predicted octanol–water partition coefficient (Wildman–Crippen LogP) is 3.57. The van der Waals surface area contributed by atoms with Crippen LogP contribution < -0.4 is 0 Å². The summed E-state index contributed by atoms with van der Waals surface area (Å²) < 4.78 is 3.45. The lowest BCUT2D eigenvalue weighted by molar-refractivity contribution is 0.522. The Kier molecular flexibility index (Phi) is 3.02. The van der Waals surface area contributed by atoms with E-state index < -0.39 is 0 Å². The Hall–Kier alpha value is -1.09. The first kappa shape index (κ1) is 11.0. The third-order valence-corrected chi connectivity index (χ3v) is 3.79. The molecule has 2 nitrogen and oxygen atoms in total. The molecule has 2 heterocycles. The molecule has 0 radical (unpaired) electrons. The van der Waals surface area contributed by atoms with Crippen molar-refractivity contribution in [3.63, 3.8) is 0 Å². The highest BCUT2D eigenvalue weighted by atomic mass is 79.9. The van der Waals surface area contributed by atoms with Crippen LogP contribution in [0.2, 0.25) is 0 Å². The number of hydrogen-bond donors (Lipinski definition) is 0. The summed E-state index contributed by atoms with van der Waals surface area (Å²) in [6, 6.07) is 8.49. The fraction of sp³-hybridized carbons (Fsp3) is 0.357. The molecule has 1 aliphatic heterocycles. The smallest absolute Gasteiger partial charge is 0.108 e. The van der Waals surface area contributed by atoms with Gasteiger partial charge in [-0.1, -0.05) is 28.1 Å². The second-order valence-electron chi connectivity index (χ2n) is 4.60. The molecule has 0 atom stereocenters. The monoisotopic (exact) mass is 290 g/mol. The number of imidazole rings is 1. The van der Waals surface area contributed by atoms with E-state index >= 15 is 0 Å². The molecule has 3 rings (SSSR count). The van der Waals surface area contributed by atoms with Crippen LogP contribution in [0.5, 0.6) is 0 Å². The fourth-order valence-electron chi connectivity index (χ4n) is 2.37. The number of rotatable bonds is 2. The first-order valence-electron chi connectivity index (χ1n) is 6.10. The van der Waals surface area contributed by atoms with Crippen LogP contribution in [0.15, 0.2) is 34.9 Å². The number of fused-ring (bicyclic) bond motifs is 1. The average Bonchev–Trinajstić information content (AvgIpc) is 2.74. The lowest BCUT2D eigenvalue weighted by atomic mass is 10.1. The topological polar surface area (TPSA) is 17.8 Å². The second-order valence-corrected chi connectivity index (χ2v) is 5.52. The lowest BCUT2D eigenvalue weighted by Gasteiger charge is -2.11. The van der Waals surface area contributed by atoms with E-state index in [1.807, 2.05) is 0 Å². The standard InChI is InChI=1S/C14H15BrN2/c15-12-6-4-11(5-7-12)9-13-10-17-8-2-1-3-14(17)16-13/h4-7,10H,1-3,8-9H2. The first-order valence-corrected chi connectivity index (χ1v) is 6.90. The number of aromatic nitrogens is 2. The number of hydrogen-bond acceptors (Lipinski definition) is 1. The Labute approximate surface area is 110 Å². The minimum atomic E-state index is 0.938. The second kappa shape index (κ2) is 4.65. The van der Waals surface area contributed by atoms with Gasteiger partial charge in [-0.3, -0.25) is 0 Å². The molecule has 3 heteroatoms. The van der Waals surface area contributed by atoms with E-state index in [0.717, 1.165) is 23.9 Å². The van der Waals surface area contributed by atoms with Crippen molar-refractivity contribution in [2.24, 2.45) is 0 Å². The summed E-state index contributed by atoms with van der Waals surface area (Å²) >= 11 is 3.46. The van der Waals surface area contributed by atoms with Crippen LogP contribution in [-0.4, -0.2) is 9.55 Å². The van der Waals surface area contributed by atoms with Crippen molar-refractivity contribution in [3.05, 3.63) is 52.0 Å². The van der Waals surface area contributed by atoms with Gasteiger partial charge in [-0.25, -0.2) is 4.98 Å². The zero-order valence-electron chi connectivity index (χ0n) is 9.69. The Morgan fingerprint density at radius 3 is 2.76 bits per heavy atom. The van der Waals surface area contributed by atoms with E-state index in [1.54, 1.807) is 0 Å². The van der Waals surface area contributed by atoms with Crippen LogP contribution in [0.1, 0.15) is 29.9 Å². The van der Waals surface area contributed by atoms with Crippen LogP contribution in [0, 0.1) is 0 Å². The maximum absolute atomic E-state index is 4.72. The largest absolute Gasteiger partial charge is 0.335 e. The number of benzene rings is 1. The quantitative estimate of drug-likeness (QED) is 0.827. The van der Waals surface area contributed by atoms with Crippen LogP contribution >= 0.6 is 15.9 Å². The van der Waals surface area contributed by atoms with Crippen molar-refractivity contribution in [1.29, 1.82) is 0 Å². The van der Waals surface area contributed by atoms with Crippen LogP contribution in [0.4, 0.5) is 0 Å². The molecule has 88 valence electrons. The minimum Gasteiger partial charge on any atom is -0.335 e. The zero-order valence-corrected chi connectivity index (χ0v) is 11.3. The summed E-state index contributed by atoms with van der Waals surface area (Å²) in [4.78, 5) is 4.72. The molecule has 0 spiro atoms. The van der Waals surface area contributed by atoms with Crippen LogP contribution in [-0.2, 0) is 19.4 Å². The number of halogens is 1. The number of nitrogens with zero attached hydrogens (tertiary/aromatic N) is 2. The van der Waals surface area contributed by atoms with Gasteiger partial charge in [0.15, 0.2) is 0 Å². The summed E-state index contributed by atoms with van der Waals surface area (Å²) in [5, 5.41) is 0. The Morgan fingerprint density at radius 1 is 1.18 bits per heavy atom. The molecule has 0 aliphatic carbocycles.